The van der Waals surface area contributed by atoms with Gasteiger partial charge in [-0.2, -0.15) is 9.78 Å². The first-order valence-corrected chi connectivity index (χ1v) is 6.45. The molecule has 0 unspecified atom stereocenters. The molecule has 0 radical (unpaired) electrons. The molecule has 5 nitrogen and oxygen atoms in total. The Morgan fingerprint density at radius 2 is 2.15 bits per heavy atom. The Hall–Kier alpha value is -2.21. The summed E-state index contributed by atoms with van der Waals surface area (Å²) in [7, 11) is 0. The van der Waals surface area contributed by atoms with Gasteiger partial charge in [-0.25, -0.2) is 4.39 Å². The number of hydrogen-bond acceptors (Lipinski definition) is 4. The molecule has 0 aliphatic heterocycles. The first-order valence-electron chi connectivity index (χ1n) is 6.45. The Morgan fingerprint density at radius 1 is 1.40 bits per heavy atom. The van der Waals surface area contributed by atoms with Crippen LogP contribution in [0.2, 0.25) is 0 Å². The van der Waals surface area contributed by atoms with Gasteiger partial charge in [0.2, 0.25) is 0 Å². The molecule has 104 valence electrons. The fraction of sp³-hybridized carbons (Fsp3) is 0.286. The quantitative estimate of drug-likeness (QED) is 0.883. The average Bonchev–Trinajstić information content (AvgIpc) is 3.23. The minimum atomic E-state index is -0.567. The molecule has 20 heavy (non-hydrogen) atoms. The van der Waals surface area contributed by atoms with E-state index in [-0.39, 0.29) is 11.4 Å². The van der Waals surface area contributed by atoms with Crippen molar-refractivity contribution in [2.75, 3.05) is 0 Å². The van der Waals surface area contributed by atoms with Gasteiger partial charge in [-0.05, 0) is 25.0 Å². The maximum Gasteiger partial charge on any atom is 0.275 e. The lowest BCUT2D eigenvalue weighted by Crippen LogP contribution is -2.25. The molecule has 0 bridgehead atoms. The molecule has 0 amide bonds. The molecule has 1 aliphatic carbocycles. The minimum Gasteiger partial charge on any atom is -0.506 e. The van der Waals surface area contributed by atoms with Gasteiger partial charge in [-0.1, -0.05) is 12.1 Å². The van der Waals surface area contributed by atoms with Crippen LogP contribution in [0.4, 0.5) is 4.39 Å². The van der Waals surface area contributed by atoms with Crippen LogP contribution in [0.15, 0.2) is 35.1 Å². The topological polar surface area (TPSA) is 67.2 Å². The maximum absolute atomic E-state index is 13.7. The molecule has 1 heterocycles. The number of aromatic hydroxyl groups is 1. The van der Waals surface area contributed by atoms with Crippen LogP contribution in [-0.4, -0.2) is 20.9 Å². The van der Waals surface area contributed by atoms with Gasteiger partial charge in [0, 0.05) is 18.7 Å². The number of halogens is 1. The number of aromatic nitrogens is 2. The molecule has 6 heteroatoms. The first kappa shape index (κ1) is 12.8. The second kappa shape index (κ2) is 5.05. The Balaban J connectivity index is 1.99. The monoisotopic (exact) mass is 275 g/mol. The maximum atomic E-state index is 13.7. The van der Waals surface area contributed by atoms with E-state index >= 15 is 0 Å². The van der Waals surface area contributed by atoms with Crippen molar-refractivity contribution >= 4 is 0 Å². The van der Waals surface area contributed by atoms with Crippen molar-refractivity contribution < 1.29 is 9.50 Å². The van der Waals surface area contributed by atoms with Crippen molar-refractivity contribution in [1.29, 1.82) is 0 Å². The summed E-state index contributed by atoms with van der Waals surface area (Å²) in [5, 5.41) is 17.0. The van der Waals surface area contributed by atoms with Crippen LogP contribution < -0.4 is 10.9 Å². The first-order chi connectivity index (χ1) is 9.65. The molecule has 2 aromatic rings. The van der Waals surface area contributed by atoms with E-state index in [4.69, 9.17) is 0 Å². The zero-order valence-corrected chi connectivity index (χ0v) is 10.7. The molecular formula is C14H14FN3O2. The number of rotatable bonds is 4. The standard InChI is InChI=1S/C14H14FN3O2/c15-10-3-1-2-4-12(10)18-14(20)7-13(19)11(17-18)8-16-9-5-6-9/h1-4,7,9,16,19H,5-6,8H2. The van der Waals surface area contributed by atoms with Crippen LogP contribution in [0.1, 0.15) is 18.5 Å². The molecular weight excluding hydrogens is 261 g/mol. The van der Waals surface area contributed by atoms with Crippen LogP contribution in [0.25, 0.3) is 5.69 Å². The third kappa shape index (κ3) is 2.55. The van der Waals surface area contributed by atoms with Gasteiger partial charge in [-0.15, -0.1) is 0 Å². The third-order valence-corrected chi connectivity index (χ3v) is 3.20. The fourth-order valence-corrected chi connectivity index (χ4v) is 1.93. The molecule has 1 aliphatic rings. The summed E-state index contributed by atoms with van der Waals surface area (Å²) in [6.07, 6.45) is 2.21. The Labute approximate surface area is 114 Å². The minimum absolute atomic E-state index is 0.0742. The number of benzene rings is 1. The summed E-state index contributed by atoms with van der Waals surface area (Å²) < 4.78 is 14.7. The molecule has 1 fully saturated rings. The molecule has 1 aromatic carbocycles. The van der Waals surface area contributed by atoms with Crippen LogP contribution in [0.3, 0.4) is 0 Å². The van der Waals surface area contributed by atoms with Gasteiger partial charge in [0.25, 0.3) is 5.56 Å². The smallest absolute Gasteiger partial charge is 0.275 e. The summed E-state index contributed by atoms with van der Waals surface area (Å²) in [6, 6.07) is 7.41. The zero-order chi connectivity index (χ0) is 14.1. The van der Waals surface area contributed by atoms with E-state index in [1.807, 2.05) is 0 Å². The van der Waals surface area contributed by atoms with E-state index in [0.717, 1.165) is 23.6 Å². The largest absolute Gasteiger partial charge is 0.506 e. The van der Waals surface area contributed by atoms with Gasteiger partial charge in [0.1, 0.15) is 22.9 Å². The molecule has 0 saturated heterocycles. The summed E-state index contributed by atoms with van der Waals surface area (Å²) in [6.45, 7) is 0.352. The molecule has 1 aromatic heterocycles. The van der Waals surface area contributed by atoms with Gasteiger partial charge >= 0.3 is 0 Å². The van der Waals surface area contributed by atoms with Crippen LogP contribution in [0, 0.1) is 5.82 Å². The summed E-state index contributed by atoms with van der Waals surface area (Å²) >= 11 is 0. The van der Waals surface area contributed by atoms with E-state index in [9.17, 15) is 14.3 Å². The second-order valence-corrected chi connectivity index (χ2v) is 4.83. The van der Waals surface area contributed by atoms with Gasteiger partial charge in [0.15, 0.2) is 0 Å². The van der Waals surface area contributed by atoms with Crippen molar-refractivity contribution in [1.82, 2.24) is 15.1 Å². The highest BCUT2D eigenvalue weighted by Crippen LogP contribution is 2.20. The Bertz CT molecular complexity index is 695. The van der Waals surface area contributed by atoms with E-state index in [2.05, 4.69) is 10.4 Å². The normalized spacial score (nSPS) is 14.4. The van der Waals surface area contributed by atoms with Gasteiger partial charge < -0.3 is 10.4 Å². The highest BCUT2D eigenvalue weighted by atomic mass is 19.1. The second-order valence-electron chi connectivity index (χ2n) is 4.83. The van der Waals surface area contributed by atoms with Crippen molar-refractivity contribution in [2.24, 2.45) is 0 Å². The van der Waals surface area contributed by atoms with Crippen molar-refractivity contribution in [3.8, 4) is 11.4 Å². The van der Waals surface area contributed by atoms with Crippen molar-refractivity contribution in [3.63, 3.8) is 0 Å². The molecule has 1 saturated carbocycles. The molecule has 2 N–H and O–H groups in total. The summed E-state index contributed by atoms with van der Waals surface area (Å²) in [5.74, 6) is -0.704. The molecule has 0 spiro atoms. The van der Waals surface area contributed by atoms with Crippen LogP contribution in [0.5, 0.6) is 5.75 Å². The van der Waals surface area contributed by atoms with E-state index < -0.39 is 11.4 Å². The average molecular weight is 275 g/mol. The van der Waals surface area contributed by atoms with E-state index in [1.54, 1.807) is 12.1 Å². The third-order valence-electron chi connectivity index (χ3n) is 3.20. The number of nitrogens with zero attached hydrogens (tertiary/aromatic N) is 2. The van der Waals surface area contributed by atoms with Crippen molar-refractivity contribution in [3.05, 3.63) is 52.2 Å². The SMILES string of the molecule is O=c1cc(O)c(CNC2CC2)nn1-c1ccccc1F. The predicted molar refractivity (Wildman–Crippen MR) is 71.3 cm³/mol. The van der Waals surface area contributed by atoms with Crippen LogP contribution in [-0.2, 0) is 6.54 Å². The van der Waals surface area contributed by atoms with E-state index in [1.165, 1.54) is 12.1 Å². The molecule has 3 rings (SSSR count). The Kier molecular flexibility index (Phi) is 3.23. The lowest BCUT2D eigenvalue weighted by Gasteiger charge is -2.10. The molecule has 0 atom stereocenters. The van der Waals surface area contributed by atoms with Gasteiger partial charge in [0.05, 0.1) is 0 Å². The van der Waals surface area contributed by atoms with Crippen molar-refractivity contribution in [2.45, 2.75) is 25.4 Å². The fourth-order valence-electron chi connectivity index (χ4n) is 1.93. The number of hydrogen-bond donors (Lipinski definition) is 2. The number of nitrogens with one attached hydrogen (secondary N) is 1. The Morgan fingerprint density at radius 3 is 2.85 bits per heavy atom. The highest BCUT2D eigenvalue weighted by Gasteiger charge is 2.21. The van der Waals surface area contributed by atoms with Gasteiger partial charge in [-0.3, -0.25) is 4.79 Å². The lowest BCUT2D eigenvalue weighted by molar-refractivity contribution is 0.450. The van der Waals surface area contributed by atoms with E-state index in [0.29, 0.717) is 18.3 Å². The zero-order valence-electron chi connectivity index (χ0n) is 10.7. The number of para-hydroxylation sites is 1. The van der Waals surface area contributed by atoms with Crippen LogP contribution >= 0.6 is 0 Å². The summed E-state index contributed by atoms with van der Waals surface area (Å²) in [4.78, 5) is 11.8. The predicted octanol–water partition coefficient (Wildman–Crippen LogP) is 1.33. The lowest BCUT2D eigenvalue weighted by atomic mass is 10.3. The summed E-state index contributed by atoms with van der Waals surface area (Å²) in [5.41, 5.74) is -0.160. The highest BCUT2D eigenvalue weighted by molar-refractivity contribution is 5.34.